The van der Waals surface area contributed by atoms with E-state index in [9.17, 15) is 14.7 Å². The zero-order chi connectivity index (χ0) is 20.0. The molecule has 0 aromatic carbocycles. The van der Waals surface area contributed by atoms with Gasteiger partial charge in [0.25, 0.3) is 5.91 Å². The van der Waals surface area contributed by atoms with Crippen molar-refractivity contribution in [3.63, 3.8) is 0 Å². The van der Waals surface area contributed by atoms with Gasteiger partial charge < -0.3 is 29.4 Å². The Morgan fingerprint density at radius 2 is 2.04 bits per heavy atom. The second-order valence-electron chi connectivity index (χ2n) is 7.02. The molecule has 0 saturated carbocycles. The van der Waals surface area contributed by atoms with Gasteiger partial charge in [0.1, 0.15) is 6.61 Å². The highest BCUT2D eigenvalue weighted by molar-refractivity contribution is 5.96. The molecule has 27 heavy (non-hydrogen) atoms. The Kier molecular flexibility index (Phi) is 7.82. The Morgan fingerprint density at radius 1 is 1.30 bits per heavy atom. The van der Waals surface area contributed by atoms with E-state index in [1.54, 1.807) is 12.0 Å². The number of likely N-dealkylation sites (tertiary alicyclic amines) is 1. The van der Waals surface area contributed by atoms with Crippen LogP contribution in [0.4, 0.5) is 0 Å². The van der Waals surface area contributed by atoms with E-state index >= 15 is 0 Å². The third-order valence-corrected chi connectivity index (χ3v) is 5.22. The fourth-order valence-corrected chi connectivity index (χ4v) is 3.66. The fourth-order valence-electron chi connectivity index (χ4n) is 3.66. The van der Waals surface area contributed by atoms with Gasteiger partial charge in [0.2, 0.25) is 5.91 Å². The maximum atomic E-state index is 13.1. The number of amides is 2. The summed E-state index contributed by atoms with van der Waals surface area (Å²) in [6, 6.07) is 1.62. The smallest absolute Gasteiger partial charge is 0.255 e. The number of ether oxygens (including phenoxy) is 2. The van der Waals surface area contributed by atoms with Crippen molar-refractivity contribution in [1.29, 1.82) is 0 Å². The van der Waals surface area contributed by atoms with Gasteiger partial charge in [0, 0.05) is 57.8 Å². The molecule has 0 aliphatic carbocycles. The van der Waals surface area contributed by atoms with Crippen LogP contribution in [-0.2, 0) is 20.8 Å². The van der Waals surface area contributed by atoms with E-state index < -0.39 is 0 Å². The topological polar surface area (TPSA) is 93.0 Å². The number of rotatable bonds is 8. The highest BCUT2D eigenvalue weighted by atomic mass is 16.5. The van der Waals surface area contributed by atoms with Crippen LogP contribution in [0.2, 0.25) is 0 Å². The maximum absolute atomic E-state index is 13.1. The monoisotopic (exact) mass is 381 g/mol. The van der Waals surface area contributed by atoms with E-state index in [2.05, 4.69) is 9.88 Å². The first-order valence-corrected chi connectivity index (χ1v) is 9.27. The maximum Gasteiger partial charge on any atom is 0.255 e. The lowest BCUT2D eigenvalue weighted by Crippen LogP contribution is -2.55. The molecule has 0 radical (unpaired) electrons. The fraction of sp³-hybridized carbons (Fsp3) is 0.684. The van der Waals surface area contributed by atoms with E-state index in [-0.39, 0.29) is 37.0 Å². The Morgan fingerprint density at radius 3 is 2.67 bits per heavy atom. The minimum Gasteiger partial charge on any atom is -0.396 e. The average molecular weight is 381 g/mol. The number of nitrogens with one attached hydrogen (secondary N) is 1. The standard InChI is InChI=1S/C19H31N3O5/c1-13-9-16(14(2)22(13)7-8-26-3)19(25)21-6-5-15(11-23)17(10-21)20-18(24)12-27-4/h9,15,17,23H,5-8,10-12H2,1-4H3,(H,20,24)/t15-,17-/m1/s1. The van der Waals surface area contributed by atoms with Gasteiger partial charge in [-0.25, -0.2) is 0 Å². The van der Waals surface area contributed by atoms with Crippen molar-refractivity contribution in [2.24, 2.45) is 5.92 Å². The van der Waals surface area contributed by atoms with Gasteiger partial charge in [-0.2, -0.15) is 0 Å². The number of carbonyl (C=O) groups is 2. The van der Waals surface area contributed by atoms with Gasteiger partial charge in [0.05, 0.1) is 18.2 Å². The van der Waals surface area contributed by atoms with Crippen LogP contribution in [0.1, 0.15) is 28.2 Å². The van der Waals surface area contributed by atoms with Gasteiger partial charge in [-0.05, 0) is 26.3 Å². The molecule has 2 amide bonds. The Balaban J connectivity index is 2.13. The minimum absolute atomic E-state index is 0.0223. The molecule has 0 unspecified atom stereocenters. The Bertz CT molecular complexity index is 658. The highest BCUT2D eigenvalue weighted by Crippen LogP contribution is 2.22. The van der Waals surface area contributed by atoms with Crippen LogP contribution in [0.3, 0.4) is 0 Å². The normalized spacial score (nSPS) is 20.0. The molecule has 1 aromatic rings. The van der Waals surface area contributed by atoms with Crippen LogP contribution in [0.15, 0.2) is 6.07 Å². The summed E-state index contributed by atoms with van der Waals surface area (Å²) in [5.74, 6) is -0.355. The molecule has 152 valence electrons. The van der Waals surface area contributed by atoms with Crippen molar-refractivity contribution in [3.05, 3.63) is 23.0 Å². The van der Waals surface area contributed by atoms with E-state index in [1.807, 2.05) is 19.9 Å². The van der Waals surface area contributed by atoms with Crippen LogP contribution in [-0.4, -0.2) is 79.6 Å². The van der Waals surface area contributed by atoms with Crippen LogP contribution in [0.25, 0.3) is 0 Å². The van der Waals surface area contributed by atoms with Crippen LogP contribution < -0.4 is 5.32 Å². The molecule has 0 spiro atoms. The highest BCUT2D eigenvalue weighted by Gasteiger charge is 2.33. The number of hydrogen-bond donors (Lipinski definition) is 2. The van der Waals surface area contributed by atoms with Gasteiger partial charge in [0.15, 0.2) is 0 Å². The SMILES string of the molecule is COCCn1c(C)cc(C(=O)N2CC[C@H](CO)[C@H](NC(=O)COC)C2)c1C. The summed E-state index contributed by atoms with van der Waals surface area (Å²) in [4.78, 5) is 26.7. The molecule has 1 aliphatic rings. The number of aryl methyl sites for hydroxylation is 1. The lowest BCUT2D eigenvalue weighted by molar-refractivity contribution is -0.126. The van der Waals surface area contributed by atoms with Crippen molar-refractivity contribution in [2.75, 3.05) is 47.1 Å². The van der Waals surface area contributed by atoms with E-state index in [0.29, 0.717) is 38.2 Å². The van der Waals surface area contributed by atoms with E-state index in [4.69, 9.17) is 9.47 Å². The van der Waals surface area contributed by atoms with Crippen molar-refractivity contribution in [1.82, 2.24) is 14.8 Å². The zero-order valence-electron chi connectivity index (χ0n) is 16.7. The second-order valence-corrected chi connectivity index (χ2v) is 7.02. The van der Waals surface area contributed by atoms with Gasteiger partial charge in [-0.3, -0.25) is 9.59 Å². The molecule has 1 aliphatic heterocycles. The number of aliphatic hydroxyl groups excluding tert-OH is 1. The predicted octanol–water partition coefficient (Wildman–Crippen LogP) is 0.337. The lowest BCUT2D eigenvalue weighted by atomic mass is 9.91. The van der Waals surface area contributed by atoms with Crippen LogP contribution in [0.5, 0.6) is 0 Å². The number of hydrogen-bond acceptors (Lipinski definition) is 5. The summed E-state index contributed by atoms with van der Waals surface area (Å²) < 4.78 is 12.1. The first-order chi connectivity index (χ1) is 12.9. The van der Waals surface area contributed by atoms with Crippen LogP contribution >= 0.6 is 0 Å². The summed E-state index contributed by atoms with van der Waals surface area (Å²) in [6.07, 6.45) is 0.641. The molecular formula is C19H31N3O5. The molecule has 2 heterocycles. The summed E-state index contributed by atoms with van der Waals surface area (Å²) in [7, 11) is 3.11. The first kappa shape index (κ1) is 21.4. The molecule has 2 N–H and O–H groups in total. The molecular weight excluding hydrogens is 350 g/mol. The third kappa shape index (κ3) is 5.09. The van der Waals surface area contributed by atoms with Crippen molar-refractivity contribution < 1.29 is 24.2 Å². The second kappa shape index (κ2) is 9.87. The molecule has 1 aromatic heterocycles. The minimum atomic E-state index is -0.285. The number of methoxy groups -OCH3 is 2. The summed E-state index contributed by atoms with van der Waals surface area (Å²) >= 11 is 0. The number of carbonyl (C=O) groups excluding carboxylic acids is 2. The molecule has 8 heteroatoms. The largest absolute Gasteiger partial charge is 0.396 e. The number of aromatic nitrogens is 1. The number of nitrogens with zero attached hydrogens (tertiary/aromatic N) is 2. The van der Waals surface area contributed by atoms with Gasteiger partial charge in [-0.1, -0.05) is 0 Å². The summed E-state index contributed by atoms with van der Waals surface area (Å²) in [6.45, 7) is 6.07. The zero-order valence-corrected chi connectivity index (χ0v) is 16.7. The first-order valence-electron chi connectivity index (χ1n) is 9.27. The third-order valence-electron chi connectivity index (χ3n) is 5.22. The average Bonchev–Trinajstić information content (AvgIpc) is 2.93. The van der Waals surface area contributed by atoms with E-state index in [1.165, 1.54) is 7.11 Å². The molecule has 2 atom stereocenters. The van der Waals surface area contributed by atoms with Gasteiger partial charge >= 0.3 is 0 Å². The van der Waals surface area contributed by atoms with Crippen molar-refractivity contribution >= 4 is 11.8 Å². The predicted molar refractivity (Wildman–Crippen MR) is 101 cm³/mol. The quantitative estimate of drug-likeness (QED) is 0.677. The molecule has 1 saturated heterocycles. The molecule has 8 nitrogen and oxygen atoms in total. The summed E-state index contributed by atoms with van der Waals surface area (Å²) in [5.41, 5.74) is 2.61. The Hall–Kier alpha value is -1.90. The number of piperidine rings is 1. The molecule has 2 rings (SSSR count). The van der Waals surface area contributed by atoms with Crippen molar-refractivity contribution in [3.8, 4) is 0 Å². The number of aliphatic hydroxyl groups is 1. The molecule has 1 fully saturated rings. The molecule has 0 bridgehead atoms. The summed E-state index contributed by atoms with van der Waals surface area (Å²) in [5, 5.41) is 12.5. The van der Waals surface area contributed by atoms with E-state index in [0.717, 1.165) is 11.4 Å². The van der Waals surface area contributed by atoms with Crippen LogP contribution in [0, 0.1) is 19.8 Å². The van der Waals surface area contributed by atoms with Crippen molar-refractivity contribution in [2.45, 2.75) is 32.9 Å². The van der Waals surface area contributed by atoms with Gasteiger partial charge in [-0.15, -0.1) is 0 Å². The lowest BCUT2D eigenvalue weighted by Gasteiger charge is -2.38. The Labute approximate surface area is 160 Å².